The van der Waals surface area contributed by atoms with Gasteiger partial charge in [-0.15, -0.1) is 0 Å². The second kappa shape index (κ2) is 6.08. The minimum absolute atomic E-state index is 0.0175. The van der Waals surface area contributed by atoms with E-state index in [1.54, 1.807) is 0 Å². The van der Waals surface area contributed by atoms with Crippen LogP contribution in [0.25, 0.3) is 0 Å². The molecule has 110 valence electrons. The molecular formula is C14H20BrN3O2. The molecule has 6 heteroatoms. The molecule has 1 aliphatic rings. The van der Waals surface area contributed by atoms with Crippen LogP contribution < -0.4 is 0 Å². The lowest BCUT2D eigenvalue weighted by atomic mass is 9.94. The first-order valence-electron chi connectivity index (χ1n) is 10.3. The summed E-state index contributed by atoms with van der Waals surface area (Å²) in [7, 11) is 0. The van der Waals surface area contributed by atoms with Crippen LogP contribution in [0, 0.1) is 0 Å². The molecule has 1 fully saturated rings. The molecule has 1 aromatic heterocycles. The van der Waals surface area contributed by atoms with Crippen molar-refractivity contribution in [3.05, 3.63) is 22.7 Å². The smallest absolute Gasteiger partial charge is 0.410 e. The molecule has 0 bridgehead atoms. The van der Waals surface area contributed by atoms with Crippen molar-refractivity contribution in [2.75, 3.05) is 13.0 Å². The summed E-state index contributed by atoms with van der Waals surface area (Å²) < 4.78 is 80.0. The fraction of sp³-hybridized carbons (Fsp3) is 0.643. The highest BCUT2D eigenvalue weighted by Gasteiger charge is 2.28. The Balaban J connectivity index is 2.81. The third kappa shape index (κ3) is 4.16. The maximum Gasteiger partial charge on any atom is 0.410 e. The summed E-state index contributed by atoms with van der Waals surface area (Å²) in [6.45, 7) is -2.66. The zero-order valence-corrected chi connectivity index (χ0v) is 12.8. The number of likely N-dealkylation sites (tertiary alicyclic amines) is 1. The Morgan fingerprint density at radius 2 is 2.15 bits per heavy atom. The van der Waals surface area contributed by atoms with Gasteiger partial charge in [-0.1, -0.05) is 0 Å². The second-order valence-electron chi connectivity index (χ2n) is 4.89. The molecule has 0 aromatic carbocycles. The third-order valence-electron chi connectivity index (χ3n) is 2.02. The molecule has 0 radical (unpaired) electrons. The number of ether oxygens (including phenoxy) is 1. The van der Waals surface area contributed by atoms with E-state index in [0.29, 0.717) is 0 Å². The zero-order valence-electron chi connectivity index (χ0n) is 20.2. The molecule has 0 saturated carbocycles. The zero-order chi connectivity index (χ0) is 22.8. The van der Waals surface area contributed by atoms with Crippen LogP contribution >= 0.6 is 15.9 Å². The number of aromatic nitrogens is 2. The fourth-order valence-electron chi connectivity index (χ4n) is 1.27. The molecule has 20 heavy (non-hydrogen) atoms. The molecule has 1 saturated heterocycles. The van der Waals surface area contributed by atoms with Gasteiger partial charge in [-0.2, -0.15) is 0 Å². The Morgan fingerprint density at radius 3 is 2.70 bits per heavy atom. The fourth-order valence-corrected chi connectivity index (χ4v) is 1.58. The number of carbonyl (C=O) groups is 1. The predicted octanol–water partition coefficient (Wildman–Crippen LogP) is 3.35. The molecule has 2 rings (SSSR count). The van der Waals surface area contributed by atoms with Gasteiger partial charge >= 0.3 is 6.09 Å². The Morgan fingerprint density at radius 1 is 1.50 bits per heavy atom. The minimum Gasteiger partial charge on any atom is -0.444 e. The molecule has 0 unspecified atom stereocenters. The average Bonchev–Trinajstić information content (AvgIpc) is 2.50. The standard InChI is InChI=1S/C14H20BrN3O2/c1-14(2,3)20-13(19)18-6-4-10(5-7-18)11-8-16-9-12(15)17-11/h8-10H,4-7H2,1-3H3/i4D2,5D2,6D2,7D2,10D. The van der Waals surface area contributed by atoms with Gasteiger partial charge in [0.2, 0.25) is 0 Å². The van der Waals surface area contributed by atoms with E-state index in [4.69, 9.17) is 17.1 Å². The maximum atomic E-state index is 12.6. The predicted molar refractivity (Wildman–Crippen MR) is 79.5 cm³/mol. The van der Waals surface area contributed by atoms with Gasteiger partial charge in [0, 0.05) is 37.4 Å². The maximum absolute atomic E-state index is 12.6. The van der Waals surface area contributed by atoms with Gasteiger partial charge in [-0.3, -0.25) is 4.98 Å². The van der Waals surface area contributed by atoms with Crippen molar-refractivity contribution in [1.29, 1.82) is 0 Å². The molecule has 1 aliphatic heterocycles. The molecule has 0 atom stereocenters. The lowest BCUT2D eigenvalue weighted by molar-refractivity contribution is 0.0204. The Bertz CT molecular complexity index is 801. The number of carbonyl (C=O) groups excluding carboxylic acids is 1. The molecular weight excluding hydrogens is 322 g/mol. The Hall–Kier alpha value is -1.17. The summed E-state index contributed by atoms with van der Waals surface area (Å²) in [4.78, 5) is 19.9. The SMILES string of the molecule is [2H]C1([2H])N(C(=O)OC(C)(C)C)C([2H])([2H])C([2H])([2H])C([2H])(c2cncc(Br)n2)C1([2H])[2H]. The van der Waals surface area contributed by atoms with Gasteiger partial charge in [0.1, 0.15) is 10.2 Å². The molecule has 0 spiro atoms. The number of rotatable bonds is 1. The molecule has 0 aliphatic carbocycles. The van der Waals surface area contributed by atoms with Gasteiger partial charge in [0.25, 0.3) is 0 Å². The largest absolute Gasteiger partial charge is 0.444 e. The van der Waals surface area contributed by atoms with Crippen LogP contribution in [0.15, 0.2) is 17.0 Å². The summed E-state index contributed by atoms with van der Waals surface area (Å²) in [5.41, 5.74) is -1.83. The highest BCUT2D eigenvalue weighted by Crippen LogP contribution is 2.27. The number of nitrogens with zero attached hydrogens (tertiary/aromatic N) is 3. The molecule has 1 aromatic rings. The lowest BCUT2D eigenvalue weighted by Crippen LogP contribution is -2.41. The van der Waals surface area contributed by atoms with Gasteiger partial charge < -0.3 is 9.64 Å². The highest BCUT2D eigenvalue weighted by atomic mass is 79.9. The van der Waals surface area contributed by atoms with Crippen molar-refractivity contribution in [3.63, 3.8) is 0 Å². The topological polar surface area (TPSA) is 55.3 Å². The highest BCUT2D eigenvalue weighted by molar-refractivity contribution is 9.10. The Kier molecular flexibility index (Phi) is 2.19. The Labute approximate surface area is 140 Å². The second-order valence-corrected chi connectivity index (χ2v) is 5.70. The van der Waals surface area contributed by atoms with Crippen LogP contribution in [0.1, 0.15) is 57.4 Å². The van der Waals surface area contributed by atoms with E-state index < -0.39 is 49.0 Å². The molecule has 0 N–H and O–H groups in total. The first kappa shape index (κ1) is 7.20. The summed E-state index contributed by atoms with van der Waals surface area (Å²) >= 11 is 2.98. The molecule has 1 amide bonds. The van der Waals surface area contributed by atoms with Gasteiger partial charge in [-0.05, 0) is 49.4 Å². The van der Waals surface area contributed by atoms with E-state index >= 15 is 0 Å². The number of hydrogen-bond acceptors (Lipinski definition) is 4. The van der Waals surface area contributed by atoms with Crippen molar-refractivity contribution >= 4 is 22.0 Å². The summed E-state index contributed by atoms with van der Waals surface area (Å²) in [5.74, 6) is -3.22. The van der Waals surface area contributed by atoms with Crippen molar-refractivity contribution in [2.45, 2.75) is 45.0 Å². The summed E-state index contributed by atoms with van der Waals surface area (Å²) in [6, 6.07) is 0. The van der Waals surface area contributed by atoms with E-state index in [-0.39, 0.29) is 9.50 Å². The van der Waals surface area contributed by atoms with Gasteiger partial charge in [-0.25, -0.2) is 9.78 Å². The minimum atomic E-state index is -3.49. The first-order valence-corrected chi connectivity index (χ1v) is 6.56. The number of hydrogen-bond donors (Lipinski definition) is 0. The number of amides is 1. The normalized spacial score (nSPS) is 35.4. The van der Waals surface area contributed by atoms with Crippen LogP contribution in [0.5, 0.6) is 0 Å². The van der Waals surface area contributed by atoms with Crippen LogP contribution in [-0.2, 0) is 4.74 Å². The lowest BCUT2D eigenvalue weighted by Gasteiger charge is -2.33. The molecule has 5 nitrogen and oxygen atoms in total. The van der Waals surface area contributed by atoms with Crippen LogP contribution in [-0.4, -0.2) is 39.6 Å². The number of piperidine rings is 1. The quantitative estimate of drug-likeness (QED) is 0.779. The van der Waals surface area contributed by atoms with Gasteiger partial charge in [0.15, 0.2) is 0 Å². The van der Waals surface area contributed by atoms with Crippen LogP contribution in [0.2, 0.25) is 0 Å². The van der Waals surface area contributed by atoms with Crippen molar-refractivity contribution < 1.29 is 21.9 Å². The number of halogens is 1. The van der Waals surface area contributed by atoms with Crippen LogP contribution in [0.4, 0.5) is 4.79 Å². The third-order valence-corrected chi connectivity index (χ3v) is 2.40. The van der Waals surface area contributed by atoms with E-state index in [2.05, 4.69) is 25.9 Å². The van der Waals surface area contributed by atoms with Gasteiger partial charge in [0.05, 0.1) is 11.9 Å². The van der Waals surface area contributed by atoms with Crippen LogP contribution in [0.3, 0.4) is 0 Å². The van der Waals surface area contributed by atoms with E-state index in [9.17, 15) is 4.79 Å². The van der Waals surface area contributed by atoms with E-state index in [1.807, 2.05) is 0 Å². The summed E-state index contributed by atoms with van der Waals surface area (Å²) in [5, 5.41) is 0. The van der Waals surface area contributed by atoms with Crippen molar-refractivity contribution in [1.82, 2.24) is 14.9 Å². The molecule has 2 heterocycles. The monoisotopic (exact) mass is 350 g/mol. The van der Waals surface area contributed by atoms with E-state index in [0.717, 1.165) is 6.20 Å². The van der Waals surface area contributed by atoms with E-state index in [1.165, 1.54) is 27.0 Å². The van der Waals surface area contributed by atoms with Crippen molar-refractivity contribution in [2.24, 2.45) is 0 Å². The summed E-state index contributed by atoms with van der Waals surface area (Å²) in [6.07, 6.45) is -6.48. The average molecular weight is 351 g/mol. The first-order chi connectivity index (χ1) is 12.7. The van der Waals surface area contributed by atoms with Crippen molar-refractivity contribution in [3.8, 4) is 0 Å².